The van der Waals surface area contributed by atoms with Crippen molar-refractivity contribution < 1.29 is 9.32 Å². The number of nitrogens with one attached hydrogen (secondary N) is 1. The Kier molecular flexibility index (Phi) is 7.44. The van der Waals surface area contributed by atoms with Crippen LogP contribution in [0.4, 0.5) is 0 Å². The molecule has 3 aromatic carbocycles. The minimum absolute atomic E-state index is 0.0259. The molecule has 1 N–H and O–H groups in total. The van der Waals surface area contributed by atoms with Gasteiger partial charge in [0.15, 0.2) is 0 Å². The third-order valence-corrected chi connectivity index (χ3v) is 6.90. The van der Waals surface area contributed by atoms with E-state index in [1.165, 1.54) is 5.56 Å². The number of aryl methyl sites for hydroxylation is 1. The van der Waals surface area contributed by atoms with Crippen LogP contribution in [-0.2, 0) is 11.3 Å². The summed E-state index contributed by atoms with van der Waals surface area (Å²) in [5, 5.41) is 8.06. The Labute approximate surface area is 216 Å². The summed E-state index contributed by atoms with van der Waals surface area (Å²) < 4.78 is 5.47. The standard InChI is InChI=1S/C29H29ClN4O2/c1-20-7-5-10-23(17-20)27(21-8-3-2-4-9-21)32-29(35)22-13-15-34(16-14-22)19-26-31-28(33-36-26)24-11-6-12-25(30)18-24/h2-12,17-18,22,27H,13-16,19H2,1H3,(H,32,35). The molecule has 0 saturated carbocycles. The number of carbonyl (C=O) groups is 1. The van der Waals surface area contributed by atoms with Crippen molar-refractivity contribution in [3.63, 3.8) is 0 Å². The van der Waals surface area contributed by atoms with Crippen LogP contribution >= 0.6 is 11.6 Å². The number of likely N-dealkylation sites (tertiary alicyclic amines) is 1. The highest BCUT2D eigenvalue weighted by molar-refractivity contribution is 6.30. The fourth-order valence-corrected chi connectivity index (χ4v) is 4.91. The minimum atomic E-state index is -0.167. The number of rotatable bonds is 7. The van der Waals surface area contributed by atoms with Crippen LogP contribution in [0.1, 0.15) is 41.5 Å². The van der Waals surface area contributed by atoms with Gasteiger partial charge >= 0.3 is 0 Å². The van der Waals surface area contributed by atoms with Crippen LogP contribution in [0.2, 0.25) is 5.02 Å². The molecule has 1 unspecified atom stereocenters. The number of carbonyl (C=O) groups excluding carboxylic acids is 1. The highest BCUT2D eigenvalue weighted by Gasteiger charge is 2.28. The van der Waals surface area contributed by atoms with E-state index in [1.54, 1.807) is 0 Å². The Morgan fingerprint density at radius 2 is 1.78 bits per heavy atom. The molecule has 0 aliphatic carbocycles. The molecule has 7 heteroatoms. The van der Waals surface area contributed by atoms with Crippen LogP contribution in [0.3, 0.4) is 0 Å². The number of aromatic nitrogens is 2. The zero-order valence-electron chi connectivity index (χ0n) is 20.2. The van der Waals surface area contributed by atoms with Gasteiger partial charge in [0.25, 0.3) is 0 Å². The molecule has 184 valence electrons. The van der Waals surface area contributed by atoms with E-state index in [9.17, 15) is 4.79 Å². The Bertz CT molecular complexity index is 1320. The monoisotopic (exact) mass is 500 g/mol. The highest BCUT2D eigenvalue weighted by atomic mass is 35.5. The Balaban J connectivity index is 1.19. The summed E-state index contributed by atoms with van der Waals surface area (Å²) in [5.74, 6) is 1.18. The Morgan fingerprint density at radius 3 is 2.53 bits per heavy atom. The smallest absolute Gasteiger partial charge is 0.241 e. The summed E-state index contributed by atoms with van der Waals surface area (Å²) in [7, 11) is 0. The number of piperidine rings is 1. The second-order valence-electron chi connectivity index (χ2n) is 9.34. The van der Waals surface area contributed by atoms with Gasteiger partial charge in [-0.3, -0.25) is 9.69 Å². The lowest BCUT2D eigenvalue weighted by molar-refractivity contribution is -0.127. The molecule has 1 saturated heterocycles. The van der Waals surface area contributed by atoms with Gasteiger partial charge in [-0.05, 0) is 56.1 Å². The quantitative estimate of drug-likeness (QED) is 0.346. The van der Waals surface area contributed by atoms with Gasteiger partial charge in [0.05, 0.1) is 12.6 Å². The van der Waals surface area contributed by atoms with Crippen molar-refractivity contribution >= 4 is 17.5 Å². The van der Waals surface area contributed by atoms with Gasteiger partial charge in [-0.25, -0.2) is 0 Å². The molecule has 5 rings (SSSR count). The minimum Gasteiger partial charge on any atom is -0.345 e. The van der Waals surface area contributed by atoms with E-state index in [1.807, 2.05) is 48.5 Å². The SMILES string of the molecule is Cc1cccc(C(NC(=O)C2CCN(Cc3nc(-c4cccc(Cl)c4)no3)CC2)c2ccccc2)c1. The first-order chi connectivity index (χ1) is 17.5. The lowest BCUT2D eigenvalue weighted by Crippen LogP contribution is -2.41. The van der Waals surface area contributed by atoms with Crippen molar-refractivity contribution in [3.8, 4) is 11.4 Å². The van der Waals surface area contributed by atoms with Crippen molar-refractivity contribution in [2.45, 2.75) is 32.4 Å². The molecular weight excluding hydrogens is 472 g/mol. The second kappa shape index (κ2) is 11.1. The maximum Gasteiger partial charge on any atom is 0.241 e. The second-order valence-corrected chi connectivity index (χ2v) is 9.78. The molecule has 1 aromatic heterocycles. The van der Waals surface area contributed by atoms with Gasteiger partial charge < -0.3 is 9.84 Å². The topological polar surface area (TPSA) is 71.3 Å². The summed E-state index contributed by atoms with van der Waals surface area (Å²) in [6.07, 6.45) is 1.58. The van der Waals surface area contributed by atoms with Crippen molar-refractivity contribution in [1.29, 1.82) is 0 Å². The van der Waals surface area contributed by atoms with E-state index in [-0.39, 0.29) is 17.9 Å². The number of hydrogen-bond donors (Lipinski definition) is 1. The third kappa shape index (κ3) is 5.83. The zero-order chi connectivity index (χ0) is 24.9. The lowest BCUT2D eigenvalue weighted by Gasteiger charge is -2.31. The molecule has 1 fully saturated rings. The predicted molar refractivity (Wildman–Crippen MR) is 140 cm³/mol. The molecule has 36 heavy (non-hydrogen) atoms. The van der Waals surface area contributed by atoms with E-state index in [4.69, 9.17) is 16.1 Å². The number of halogens is 1. The van der Waals surface area contributed by atoms with Crippen LogP contribution in [-0.4, -0.2) is 34.0 Å². The van der Waals surface area contributed by atoms with E-state index in [0.717, 1.165) is 42.6 Å². The normalized spacial score (nSPS) is 15.5. The summed E-state index contributed by atoms with van der Waals surface area (Å²) in [6.45, 7) is 4.24. The summed E-state index contributed by atoms with van der Waals surface area (Å²) in [5.41, 5.74) is 4.18. The van der Waals surface area contributed by atoms with E-state index >= 15 is 0 Å². The highest BCUT2D eigenvalue weighted by Crippen LogP contribution is 2.26. The maximum absolute atomic E-state index is 13.3. The summed E-state index contributed by atoms with van der Waals surface area (Å²) in [6, 6.07) is 25.7. The first kappa shape index (κ1) is 24.2. The van der Waals surface area contributed by atoms with E-state index in [2.05, 4.69) is 57.6 Å². The van der Waals surface area contributed by atoms with Crippen LogP contribution in [0, 0.1) is 12.8 Å². The molecule has 6 nitrogen and oxygen atoms in total. The average molecular weight is 501 g/mol. The molecule has 2 heterocycles. The van der Waals surface area contributed by atoms with Crippen molar-refractivity contribution in [2.24, 2.45) is 5.92 Å². The number of hydrogen-bond acceptors (Lipinski definition) is 5. The van der Waals surface area contributed by atoms with Crippen LogP contribution in [0.5, 0.6) is 0 Å². The van der Waals surface area contributed by atoms with E-state index < -0.39 is 0 Å². The maximum atomic E-state index is 13.3. The van der Waals surface area contributed by atoms with Gasteiger partial charge in [0, 0.05) is 16.5 Å². The van der Waals surface area contributed by atoms with Crippen LogP contribution in [0.15, 0.2) is 83.4 Å². The molecule has 1 atom stereocenters. The fraction of sp³-hybridized carbons (Fsp3) is 0.276. The van der Waals surface area contributed by atoms with Gasteiger partial charge in [-0.15, -0.1) is 0 Å². The van der Waals surface area contributed by atoms with Crippen molar-refractivity contribution in [3.05, 3.63) is 106 Å². The number of nitrogens with zero attached hydrogens (tertiary/aromatic N) is 3. The average Bonchev–Trinajstić information content (AvgIpc) is 3.36. The van der Waals surface area contributed by atoms with Crippen molar-refractivity contribution in [1.82, 2.24) is 20.4 Å². The molecule has 0 bridgehead atoms. The van der Waals surface area contributed by atoms with Crippen molar-refractivity contribution in [2.75, 3.05) is 13.1 Å². The molecule has 1 aliphatic rings. The first-order valence-corrected chi connectivity index (χ1v) is 12.7. The zero-order valence-corrected chi connectivity index (χ0v) is 21.0. The van der Waals surface area contributed by atoms with Crippen LogP contribution in [0.25, 0.3) is 11.4 Å². The summed E-state index contributed by atoms with van der Waals surface area (Å²) in [4.78, 5) is 20.1. The molecule has 0 spiro atoms. The van der Waals surface area contributed by atoms with Gasteiger partial charge in [-0.2, -0.15) is 4.98 Å². The van der Waals surface area contributed by atoms with Gasteiger partial charge in [0.1, 0.15) is 0 Å². The van der Waals surface area contributed by atoms with Gasteiger partial charge in [0.2, 0.25) is 17.6 Å². The first-order valence-electron chi connectivity index (χ1n) is 12.3. The lowest BCUT2D eigenvalue weighted by atomic mass is 9.93. The Morgan fingerprint density at radius 1 is 1.03 bits per heavy atom. The largest absolute Gasteiger partial charge is 0.345 e. The third-order valence-electron chi connectivity index (χ3n) is 6.66. The molecule has 4 aromatic rings. The fourth-order valence-electron chi connectivity index (χ4n) is 4.72. The Hall–Kier alpha value is -3.48. The molecule has 1 amide bonds. The predicted octanol–water partition coefficient (Wildman–Crippen LogP) is 5.82. The molecule has 0 radical (unpaired) electrons. The number of benzene rings is 3. The van der Waals surface area contributed by atoms with Crippen LogP contribution < -0.4 is 5.32 Å². The number of amides is 1. The molecular formula is C29H29ClN4O2. The summed E-state index contributed by atoms with van der Waals surface area (Å²) >= 11 is 6.08. The van der Waals surface area contributed by atoms with Gasteiger partial charge in [-0.1, -0.05) is 89.1 Å². The van der Waals surface area contributed by atoms with E-state index in [0.29, 0.717) is 23.3 Å². The molecule has 1 aliphatic heterocycles.